The summed E-state index contributed by atoms with van der Waals surface area (Å²) in [5, 5.41) is 0. The van der Waals surface area contributed by atoms with Crippen LogP contribution in [-0.4, -0.2) is 0 Å². The highest BCUT2D eigenvalue weighted by Crippen LogP contribution is 2.32. The zero-order chi connectivity index (χ0) is 13.1. The molecule has 3 heteroatoms. The normalized spacial score (nSPS) is 12.2. The van der Waals surface area contributed by atoms with Crippen LogP contribution in [0.5, 0.6) is 5.75 Å². The molecule has 1 atom stereocenters. The van der Waals surface area contributed by atoms with E-state index in [4.69, 9.17) is 10.5 Å². The van der Waals surface area contributed by atoms with Crippen LogP contribution in [0.1, 0.15) is 24.2 Å². The van der Waals surface area contributed by atoms with Gasteiger partial charge in [-0.15, -0.1) is 0 Å². The summed E-state index contributed by atoms with van der Waals surface area (Å²) < 4.78 is 6.85. The summed E-state index contributed by atoms with van der Waals surface area (Å²) in [5.41, 5.74) is 8.78. The standard InChI is InChI=1S/C15H16BrNO/c1-10-8-15(13(16)9-14(10)17)18-11(2)12-6-4-3-5-7-12/h3-9,11H,17H2,1-2H3. The van der Waals surface area contributed by atoms with Gasteiger partial charge in [0.05, 0.1) is 4.47 Å². The topological polar surface area (TPSA) is 35.2 Å². The van der Waals surface area contributed by atoms with Gasteiger partial charge in [0.1, 0.15) is 11.9 Å². The average Bonchev–Trinajstić information content (AvgIpc) is 2.37. The molecule has 0 saturated carbocycles. The molecule has 0 fully saturated rings. The molecule has 0 heterocycles. The van der Waals surface area contributed by atoms with Gasteiger partial charge in [0.25, 0.3) is 0 Å². The maximum atomic E-state index is 5.96. The lowest BCUT2D eigenvalue weighted by Gasteiger charge is -2.17. The molecule has 0 radical (unpaired) electrons. The van der Waals surface area contributed by atoms with Gasteiger partial charge in [-0.25, -0.2) is 0 Å². The van der Waals surface area contributed by atoms with E-state index in [1.54, 1.807) is 0 Å². The first-order valence-corrected chi connectivity index (χ1v) is 6.64. The fourth-order valence-corrected chi connectivity index (χ4v) is 2.20. The van der Waals surface area contributed by atoms with Crippen molar-refractivity contribution in [3.63, 3.8) is 0 Å². The minimum Gasteiger partial charge on any atom is -0.485 e. The highest BCUT2D eigenvalue weighted by molar-refractivity contribution is 9.10. The fraction of sp³-hybridized carbons (Fsp3) is 0.200. The zero-order valence-electron chi connectivity index (χ0n) is 10.5. The second-order valence-corrected chi connectivity index (χ2v) is 5.16. The number of aryl methyl sites for hydroxylation is 1. The quantitative estimate of drug-likeness (QED) is 0.849. The Morgan fingerprint density at radius 2 is 1.83 bits per heavy atom. The second-order valence-electron chi connectivity index (χ2n) is 4.31. The van der Waals surface area contributed by atoms with Crippen molar-refractivity contribution in [1.82, 2.24) is 0 Å². The molecule has 0 aliphatic carbocycles. The SMILES string of the molecule is Cc1cc(OC(C)c2ccccc2)c(Br)cc1N. The maximum absolute atomic E-state index is 5.96. The molecule has 1 unspecified atom stereocenters. The van der Waals surface area contributed by atoms with Crippen LogP contribution in [0.2, 0.25) is 0 Å². The largest absolute Gasteiger partial charge is 0.485 e. The van der Waals surface area contributed by atoms with Gasteiger partial charge in [0, 0.05) is 5.69 Å². The number of rotatable bonds is 3. The van der Waals surface area contributed by atoms with E-state index in [2.05, 4.69) is 28.1 Å². The third-order valence-electron chi connectivity index (χ3n) is 2.89. The Hall–Kier alpha value is -1.48. The minimum absolute atomic E-state index is 0.00512. The molecule has 0 bridgehead atoms. The summed E-state index contributed by atoms with van der Waals surface area (Å²) in [6.07, 6.45) is 0.00512. The van der Waals surface area contributed by atoms with Crippen molar-refractivity contribution >= 4 is 21.6 Å². The predicted molar refractivity (Wildman–Crippen MR) is 78.8 cm³/mol. The van der Waals surface area contributed by atoms with Crippen LogP contribution in [0.15, 0.2) is 46.9 Å². The van der Waals surface area contributed by atoms with Crippen molar-refractivity contribution in [2.24, 2.45) is 0 Å². The highest BCUT2D eigenvalue weighted by atomic mass is 79.9. The highest BCUT2D eigenvalue weighted by Gasteiger charge is 2.10. The van der Waals surface area contributed by atoms with Crippen LogP contribution in [0.25, 0.3) is 0 Å². The van der Waals surface area contributed by atoms with Gasteiger partial charge in [0.2, 0.25) is 0 Å². The summed E-state index contributed by atoms with van der Waals surface area (Å²) in [6, 6.07) is 14.0. The summed E-state index contributed by atoms with van der Waals surface area (Å²) in [6.45, 7) is 4.01. The molecule has 2 rings (SSSR count). The van der Waals surface area contributed by atoms with E-state index in [1.807, 2.05) is 44.2 Å². The van der Waals surface area contributed by atoms with Crippen molar-refractivity contribution < 1.29 is 4.74 Å². The van der Waals surface area contributed by atoms with Gasteiger partial charge in [0.15, 0.2) is 0 Å². The zero-order valence-corrected chi connectivity index (χ0v) is 12.1. The number of hydrogen-bond donors (Lipinski definition) is 1. The lowest BCUT2D eigenvalue weighted by molar-refractivity contribution is 0.225. The van der Waals surface area contributed by atoms with Gasteiger partial charge < -0.3 is 10.5 Å². The molecule has 0 aliphatic heterocycles. The van der Waals surface area contributed by atoms with Crippen LogP contribution in [0.4, 0.5) is 5.69 Å². The Morgan fingerprint density at radius 3 is 2.50 bits per heavy atom. The van der Waals surface area contributed by atoms with Crippen LogP contribution >= 0.6 is 15.9 Å². The molecule has 0 spiro atoms. The Morgan fingerprint density at radius 1 is 1.17 bits per heavy atom. The lowest BCUT2D eigenvalue weighted by atomic mass is 10.1. The Labute approximate surface area is 116 Å². The smallest absolute Gasteiger partial charge is 0.134 e. The number of hydrogen-bond acceptors (Lipinski definition) is 2. The average molecular weight is 306 g/mol. The summed E-state index contributed by atoms with van der Waals surface area (Å²) >= 11 is 3.48. The van der Waals surface area contributed by atoms with Gasteiger partial charge >= 0.3 is 0 Å². The summed E-state index contributed by atoms with van der Waals surface area (Å²) in [7, 11) is 0. The molecule has 2 N–H and O–H groups in total. The Balaban J connectivity index is 2.22. The maximum Gasteiger partial charge on any atom is 0.134 e. The molecule has 0 aromatic heterocycles. The van der Waals surface area contributed by atoms with Crippen LogP contribution in [-0.2, 0) is 0 Å². The van der Waals surface area contributed by atoms with E-state index < -0.39 is 0 Å². The van der Waals surface area contributed by atoms with Crippen LogP contribution in [0, 0.1) is 6.92 Å². The molecule has 2 aromatic rings. The molecule has 0 amide bonds. The Kier molecular flexibility index (Phi) is 3.92. The van der Waals surface area contributed by atoms with Crippen molar-refractivity contribution in [2.45, 2.75) is 20.0 Å². The van der Waals surface area contributed by atoms with E-state index in [-0.39, 0.29) is 6.10 Å². The lowest BCUT2D eigenvalue weighted by Crippen LogP contribution is -2.04. The molecular formula is C15H16BrNO. The van der Waals surface area contributed by atoms with E-state index in [0.717, 1.165) is 27.0 Å². The van der Waals surface area contributed by atoms with Crippen molar-refractivity contribution in [1.29, 1.82) is 0 Å². The number of benzene rings is 2. The Bertz CT molecular complexity index is 540. The summed E-state index contributed by atoms with van der Waals surface area (Å²) in [4.78, 5) is 0. The van der Waals surface area contributed by atoms with E-state index in [1.165, 1.54) is 0 Å². The van der Waals surface area contributed by atoms with Crippen LogP contribution < -0.4 is 10.5 Å². The van der Waals surface area contributed by atoms with E-state index in [0.29, 0.717) is 0 Å². The van der Waals surface area contributed by atoms with Gasteiger partial charge in [-0.05, 0) is 53.0 Å². The first-order chi connectivity index (χ1) is 8.58. The summed E-state index contributed by atoms with van der Waals surface area (Å²) in [5.74, 6) is 0.818. The third kappa shape index (κ3) is 2.85. The predicted octanol–water partition coefficient (Wildman–Crippen LogP) is 4.48. The second kappa shape index (κ2) is 5.44. The number of anilines is 1. The molecular weight excluding hydrogens is 290 g/mol. The molecule has 2 aromatic carbocycles. The number of halogens is 1. The molecule has 18 heavy (non-hydrogen) atoms. The number of nitrogens with two attached hydrogens (primary N) is 1. The van der Waals surface area contributed by atoms with Gasteiger partial charge in [-0.3, -0.25) is 0 Å². The van der Waals surface area contributed by atoms with Gasteiger partial charge in [-0.1, -0.05) is 30.3 Å². The molecule has 0 aliphatic rings. The molecule has 0 saturated heterocycles. The number of nitrogen functional groups attached to an aromatic ring is 1. The van der Waals surface area contributed by atoms with Crippen molar-refractivity contribution in [3.05, 3.63) is 58.1 Å². The third-order valence-corrected chi connectivity index (χ3v) is 3.51. The number of ether oxygens (including phenoxy) is 1. The first-order valence-electron chi connectivity index (χ1n) is 5.85. The fourth-order valence-electron chi connectivity index (χ4n) is 1.74. The van der Waals surface area contributed by atoms with Crippen molar-refractivity contribution in [3.8, 4) is 5.75 Å². The molecule has 94 valence electrons. The van der Waals surface area contributed by atoms with E-state index in [9.17, 15) is 0 Å². The van der Waals surface area contributed by atoms with Crippen molar-refractivity contribution in [2.75, 3.05) is 5.73 Å². The van der Waals surface area contributed by atoms with Crippen LogP contribution in [0.3, 0.4) is 0 Å². The van der Waals surface area contributed by atoms with Gasteiger partial charge in [-0.2, -0.15) is 0 Å². The first kappa shape index (κ1) is 13.0. The minimum atomic E-state index is 0.00512. The van der Waals surface area contributed by atoms with E-state index >= 15 is 0 Å². The monoisotopic (exact) mass is 305 g/mol. The molecule has 2 nitrogen and oxygen atoms in total.